The summed E-state index contributed by atoms with van der Waals surface area (Å²) in [6, 6.07) is 5.02. The molecule has 2 aliphatic rings. The SMILES string of the molecule is COc1ccc(O)c(C(=O)NC(C2CC2)C2CC2)c1. The maximum atomic E-state index is 12.3. The van der Waals surface area contributed by atoms with Gasteiger partial charge in [-0.05, 0) is 55.7 Å². The zero-order chi connectivity index (χ0) is 13.4. The summed E-state index contributed by atoms with van der Waals surface area (Å²) in [5.41, 5.74) is 0.297. The molecule has 0 heterocycles. The van der Waals surface area contributed by atoms with Crippen LogP contribution in [0.25, 0.3) is 0 Å². The third kappa shape index (κ3) is 2.67. The minimum absolute atomic E-state index is 0.00337. The molecule has 2 fully saturated rings. The van der Waals surface area contributed by atoms with E-state index in [-0.39, 0.29) is 17.7 Å². The van der Waals surface area contributed by atoms with E-state index in [1.165, 1.54) is 31.7 Å². The van der Waals surface area contributed by atoms with Gasteiger partial charge in [0.25, 0.3) is 5.91 Å². The Kier molecular flexibility index (Phi) is 3.09. The van der Waals surface area contributed by atoms with Crippen molar-refractivity contribution in [2.45, 2.75) is 31.7 Å². The minimum atomic E-state index is -0.194. The molecule has 0 saturated heterocycles. The van der Waals surface area contributed by atoms with Crippen LogP contribution in [-0.4, -0.2) is 24.2 Å². The number of phenolic OH excluding ortho intramolecular Hbond substituents is 1. The van der Waals surface area contributed by atoms with Crippen LogP contribution in [0.15, 0.2) is 18.2 Å². The van der Waals surface area contributed by atoms with E-state index in [4.69, 9.17) is 4.74 Å². The van der Waals surface area contributed by atoms with Crippen molar-refractivity contribution in [3.63, 3.8) is 0 Å². The molecule has 0 atom stereocenters. The van der Waals surface area contributed by atoms with Crippen LogP contribution in [0.1, 0.15) is 36.0 Å². The fourth-order valence-electron chi connectivity index (χ4n) is 2.58. The van der Waals surface area contributed by atoms with Gasteiger partial charge in [-0.25, -0.2) is 0 Å². The zero-order valence-electron chi connectivity index (χ0n) is 11.1. The molecule has 0 radical (unpaired) electrons. The first-order valence-electron chi connectivity index (χ1n) is 6.87. The van der Waals surface area contributed by atoms with Crippen molar-refractivity contribution in [1.82, 2.24) is 5.32 Å². The topological polar surface area (TPSA) is 58.6 Å². The monoisotopic (exact) mass is 261 g/mol. The van der Waals surface area contributed by atoms with E-state index >= 15 is 0 Å². The minimum Gasteiger partial charge on any atom is -0.507 e. The smallest absolute Gasteiger partial charge is 0.255 e. The first kappa shape index (κ1) is 12.3. The van der Waals surface area contributed by atoms with Crippen LogP contribution in [-0.2, 0) is 0 Å². The molecule has 19 heavy (non-hydrogen) atoms. The average Bonchev–Trinajstić information content (AvgIpc) is 3.29. The quantitative estimate of drug-likeness (QED) is 0.855. The molecule has 102 valence electrons. The predicted octanol–water partition coefficient (Wildman–Crippen LogP) is 2.32. The number of aromatic hydroxyl groups is 1. The Labute approximate surface area is 112 Å². The van der Waals surface area contributed by atoms with E-state index in [9.17, 15) is 9.90 Å². The van der Waals surface area contributed by atoms with Gasteiger partial charge in [0.1, 0.15) is 11.5 Å². The number of benzene rings is 1. The molecule has 0 aliphatic heterocycles. The van der Waals surface area contributed by atoms with Crippen LogP contribution in [0.2, 0.25) is 0 Å². The van der Waals surface area contributed by atoms with Crippen LogP contribution >= 0.6 is 0 Å². The lowest BCUT2D eigenvalue weighted by Gasteiger charge is -2.18. The highest BCUT2D eigenvalue weighted by Crippen LogP contribution is 2.44. The molecule has 3 rings (SSSR count). The summed E-state index contributed by atoms with van der Waals surface area (Å²) < 4.78 is 5.09. The van der Waals surface area contributed by atoms with Crippen molar-refractivity contribution in [2.24, 2.45) is 11.8 Å². The van der Waals surface area contributed by atoms with Crippen LogP contribution in [0.3, 0.4) is 0 Å². The summed E-state index contributed by atoms with van der Waals surface area (Å²) >= 11 is 0. The number of phenols is 1. The standard InChI is InChI=1S/C15H19NO3/c1-19-11-6-7-13(17)12(8-11)15(18)16-14(9-2-3-9)10-4-5-10/h6-10,14,17H,2-5H2,1H3,(H,16,18). The average molecular weight is 261 g/mol. The summed E-state index contributed by atoms with van der Waals surface area (Å²) in [7, 11) is 1.55. The van der Waals surface area contributed by atoms with Gasteiger partial charge in [0, 0.05) is 6.04 Å². The van der Waals surface area contributed by atoms with Gasteiger partial charge in [-0.3, -0.25) is 4.79 Å². The molecule has 1 amide bonds. The van der Waals surface area contributed by atoms with E-state index < -0.39 is 0 Å². The van der Waals surface area contributed by atoms with Crippen LogP contribution < -0.4 is 10.1 Å². The lowest BCUT2D eigenvalue weighted by molar-refractivity contribution is 0.0923. The van der Waals surface area contributed by atoms with E-state index in [2.05, 4.69) is 5.32 Å². The van der Waals surface area contributed by atoms with Crippen molar-refractivity contribution in [3.8, 4) is 11.5 Å². The summed E-state index contributed by atoms with van der Waals surface area (Å²) in [5, 5.41) is 12.9. The molecular weight excluding hydrogens is 242 g/mol. The van der Waals surface area contributed by atoms with E-state index in [1.807, 2.05) is 0 Å². The van der Waals surface area contributed by atoms with Gasteiger partial charge in [-0.1, -0.05) is 0 Å². The Morgan fingerprint density at radius 3 is 2.47 bits per heavy atom. The predicted molar refractivity (Wildman–Crippen MR) is 71.4 cm³/mol. The second kappa shape index (κ2) is 4.76. The Morgan fingerprint density at radius 2 is 1.95 bits per heavy atom. The Hall–Kier alpha value is -1.71. The summed E-state index contributed by atoms with van der Waals surface area (Å²) in [6.07, 6.45) is 4.86. The molecule has 2 aliphatic carbocycles. The van der Waals surface area contributed by atoms with Crippen molar-refractivity contribution in [2.75, 3.05) is 7.11 Å². The number of rotatable bonds is 5. The van der Waals surface area contributed by atoms with Gasteiger partial charge >= 0.3 is 0 Å². The number of nitrogens with one attached hydrogen (secondary N) is 1. The van der Waals surface area contributed by atoms with Crippen molar-refractivity contribution in [3.05, 3.63) is 23.8 Å². The summed E-state index contributed by atoms with van der Waals surface area (Å²) in [5.74, 6) is 1.68. The van der Waals surface area contributed by atoms with Crippen LogP contribution in [0.5, 0.6) is 11.5 Å². The number of carbonyl (C=O) groups is 1. The molecule has 4 heteroatoms. The second-order valence-electron chi connectivity index (χ2n) is 5.56. The number of methoxy groups -OCH3 is 1. The molecule has 0 unspecified atom stereocenters. The third-order valence-electron chi connectivity index (χ3n) is 4.01. The van der Waals surface area contributed by atoms with Gasteiger partial charge in [-0.2, -0.15) is 0 Å². The van der Waals surface area contributed by atoms with Crippen molar-refractivity contribution < 1.29 is 14.6 Å². The fourth-order valence-corrected chi connectivity index (χ4v) is 2.58. The number of hydrogen-bond donors (Lipinski definition) is 2. The van der Waals surface area contributed by atoms with E-state index in [0.717, 1.165) is 0 Å². The normalized spacial score (nSPS) is 18.4. The number of ether oxygens (including phenoxy) is 1. The van der Waals surface area contributed by atoms with E-state index in [1.54, 1.807) is 19.2 Å². The maximum absolute atomic E-state index is 12.3. The number of carbonyl (C=O) groups excluding carboxylic acids is 1. The molecule has 0 spiro atoms. The number of amides is 1. The maximum Gasteiger partial charge on any atom is 0.255 e. The van der Waals surface area contributed by atoms with Crippen molar-refractivity contribution in [1.29, 1.82) is 0 Å². The Balaban J connectivity index is 1.75. The van der Waals surface area contributed by atoms with E-state index in [0.29, 0.717) is 23.1 Å². The van der Waals surface area contributed by atoms with Gasteiger partial charge < -0.3 is 15.2 Å². The van der Waals surface area contributed by atoms with Gasteiger partial charge in [0.2, 0.25) is 0 Å². The third-order valence-corrected chi connectivity index (χ3v) is 4.01. The lowest BCUT2D eigenvalue weighted by atomic mass is 10.1. The highest BCUT2D eigenvalue weighted by molar-refractivity contribution is 5.97. The van der Waals surface area contributed by atoms with Gasteiger partial charge in [-0.15, -0.1) is 0 Å². The fraction of sp³-hybridized carbons (Fsp3) is 0.533. The molecule has 2 N–H and O–H groups in total. The molecule has 2 saturated carbocycles. The van der Waals surface area contributed by atoms with Crippen LogP contribution in [0.4, 0.5) is 0 Å². The molecule has 0 bridgehead atoms. The zero-order valence-corrected chi connectivity index (χ0v) is 11.1. The van der Waals surface area contributed by atoms with Crippen LogP contribution in [0, 0.1) is 11.8 Å². The second-order valence-corrected chi connectivity index (χ2v) is 5.56. The first-order chi connectivity index (χ1) is 9.19. The number of hydrogen-bond acceptors (Lipinski definition) is 3. The highest BCUT2D eigenvalue weighted by atomic mass is 16.5. The summed E-state index contributed by atoms with van der Waals surface area (Å²) in [4.78, 5) is 12.3. The highest BCUT2D eigenvalue weighted by Gasteiger charge is 2.42. The molecule has 1 aromatic rings. The largest absolute Gasteiger partial charge is 0.507 e. The molecule has 0 aromatic heterocycles. The van der Waals surface area contributed by atoms with Gasteiger partial charge in [0.05, 0.1) is 12.7 Å². The molecular formula is C15H19NO3. The first-order valence-corrected chi connectivity index (χ1v) is 6.87. The van der Waals surface area contributed by atoms with Crippen molar-refractivity contribution >= 4 is 5.91 Å². The van der Waals surface area contributed by atoms with Gasteiger partial charge in [0.15, 0.2) is 0 Å². The molecule has 1 aromatic carbocycles. The molecule has 4 nitrogen and oxygen atoms in total. The Bertz CT molecular complexity index is 480. The summed E-state index contributed by atoms with van der Waals surface area (Å²) in [6.45, 7) is 0. The lowest BCUT2D eigenvalue weighted by Crippen LogP contribution is -2.38. The Morgan fingerprint density at radius 1 is 1.32 bits per heavy atom.